The number of sulfonamides is 2. The van der Waals surface area contributed by atoms with Crippen LogP contribution in [0.1, 0.15) is 57.7 Å². The number of hydrogen-bond acceptors (Lipinski definition) is 16. The number of pyridine rings is 2. The van der Waals surface area contributed by atoms with Gasteiger partial charge in [0.2, 0.25) is 20.0 Å². The molecule has 0 saturated carbocycles. The number of hydrogen-bond donors (Lipinski definition) is 3. The number of aliphatic hydroxyl groups is 1. The summed E-state index contributed by atoms with van der Waals surface area (Å²) in [7, 11) is -3.46. The van der Waals surface area contributed by atoms with Gasteiger partial charge in [-0.2, -0.15) is 0 Å². The molecule has 3 N–H and O–H groups in total. The highest BCUT2D eigenvalue weighted by atomic mass is 32.2. The Morgan fingerprint density at radius 2 is 1.06 bits per heavy atom. The molecule has 11 heterocycles. The third-order valence-electron chi connectivity index (χ3n) is 20.8. The van der Waals surface area contributed by atoms with Crippen molar-refractivity contribution in [2.75, 3.05) is 82.4 Å². The highest BCUT2D eigenvalue weighted by Crippen LogP contribution is 2.47. The van der Waals surface area contributed by atoms with Gasteiger partial charge in [0.15, 0.2) is 0 Å². The molecule has 14 aromatic rings. The maximum atomic E-state index is 16.5. The van der Waals surface area contributed by atoms with Gasteiger partial charge in [0.05, 0.1) is 97.7 Å². The van der Waals surface area contributed by atoms with Crippen LogP contribution in [-0.2, 0) is 43.6 Å². The number of carbonyl (C=O) groups is 2. The van der Waals surface area contributed by atoms with Crippen LogP contribution in [0.5, 0.6) is 0 Å². The van der Waals surface area contributed by atoms with Crippen LogP contribution in [0.3, 0.4) is 0 Å². The summed E-state index contributed by atoms with van der Waals surface area (Å²) in [5.74, 6) is -3.17. The summed E-state index contributed by atoms with van der Waals surface area (Å²) in [6.45, 7) is 5.67. The molecule has 3 aliphatic heterocycles. The van der Waals surface area contributed by atoms with Gasteiger partial charge in [-0.3, -0.25) is 36.8 Å². The molecule has 8 aromatic heterocycles. The van der Waals surface area contributed by atoms with Crippen LogP contribution in [0.4, 0.5) is 28.9 Å². The van der Waals surface area contributed by atoms with E-state index in [2.05, 4.69) is 15.5 Å². The lowest BCUT2D eigenvalue weighted by Gasteiger charge is -2.52. The molecule has 0 atom stereocenters. The van der Waals surface area contributed by atoms with Gasteiger partial charge in [-0.1, -0.05) is 12.1 Å². The average molecular weight is 1460 g/mol. The van der Waals surface area contributed by atoms with Crippen LogP contribution in [0.2, 0.25) is 0 Å². The third-order valence-corrected chi connectivity index (χ3v) is 23.7. The van der Waals surface area contributed by atoms with Gasteiger partial charge in [0.25, 0.3) is 11.8 Å². The van der Waals surface area contributed by atoms with Gasteiger partial charge in [-0.25, -0.2) is 54.3 Å². The SMILES string of the molecule is CNC(=O)c1c(-c2ccc(F)cc2)oc2cc(N(C)S(C)(=O)=O)c(-c3cc(CS(=O)(=O)N(C)c4cc5oc(-c6ccc(F)cc6)c(C(=O)NC)c5cc4-c4ccc5nc(CN6CC(C)(O)C6)n6c7cccc(F)c7cc6c5n4)c4nc(CN5CC6(CCOCC6)C5)n5c6cccc(F)c6cc5c4n3)cc12. The Hall–Kier alpha value is -10.9. The smallest absolute Gasteiger partial charge is 0.255 e. The average Bonchev–Trinajstić information content (AvgIpc) is 1.69. The highest BCUT2D eigenvalue weighted by Gasteiger charge is 2.44. The minimum atomic E-state index is -4.82. The summed E-state index contributed by atoms with van der Waals surface area (Å²) in [6, 6.07) is 34.2. The lowest BCUT2D eigenvalue weighted by molar-refractivity contribution is -0.0881. The zero-order valence-electron chi connectivity index (χ0n) is 57.5. The number of carbonyl (C=O) groups excluding carboxylic acids is 2. The molecule has 28 heteroatoms. The first-order valence-corrected chi connectivity index (χ1v) is 37.4. The molecule has 6 aromatic carbocycles. The van der Waals surface area contributed by atoms with Crippen molar-refractivity contribution in [2.45, 2.75) is 44.2 Å². The number of rotatable bonds is 16. The van der Waals surface area contributed by atoms with Crippen LogP contribution in [-0.4, -0.2) is 152 Å². The van der Waals surface area contributed by atoms with E-state index < -0.39 is 66.5 Å². The second-order valence-electron chi connectivity index (χ2n) is 27.9. The molecule has 534 valence electrons. The standard InChI is InChI=1S/C77H66F4N12O10S2/c1-76(96)37-90(38-76)34-65-84-55-22-21-54(85-70(55)61-30-46-52(80)9-7-11-57(46)92(61)65)48-28-50-64(103-72(67(50)74(94)82-2)41-13-17-44(78)18-14-41)33-60(48)89(5)105(99,100)36-43-27-56(49-29-51-63(32-59(49)88(4)104(6,97)98)102-73(68(51)75(95)83-3)42-15-19-45(79)20-16-42)86-71-62-31-47-53(81)10-8-12-58(47)93(62)66(87-69(43)71)35-91-39-77(40-91)23-25-101-26-24-77/h7-22,27-33,96H,23-26,34-40H2,1-6H3,(H,82,94)(H,83,95). The summed E-state index contributed by atoms with van der Waals surface area (Å²) < 4.78 is 147. The van der Waals surface area contributed by atoms with Crippen LogP contribution < -0.4 is 19.2 Å². The van der Waals surface area contributed by atoms with Crippen molar-refractivity contribution < 1.29 is 62.7 Å². The van der Waals surface area contributed by atoms with E-state index in [1.807, 2.05) is 13.7 Å². The molecule has 22 nitrogen and oxygen atoms in total. The van der Waals surface area contributed by atoms with Crippen LogP contribution in [0.15, 0.2) is 148 Å². The number of likely N-dealkylation sites (tertiary alicyclic amines) is 2. The fourth-order valence-corrected chi connectivity index (χ4v) is 17.4. The predicted molar refractivity (Wildman–Crippen MR) is 392 cm³/mol. The fraction of sp³-hybridized carbons (Fsp3) is 0.247. The number of fused-ring (bicyclic) bond motifs is 12. The lowest BCUT2D eigenvalue weighted by atomic mass is 9.73. The Morgan fingerprint density at radius 3 is 1.58 bits per heavy atom. The first-order chi connectivity index (χ1) is 50.2. The van der Waals surface area contributed by atoms with Crippen molar-refractivity contribution in [3.05, 3.63) is 191 Å². The van der Waals surface area contributed by atoms with E-state index >= 15 is 17.2 Å². The van der Waals surface area contributed by atoms with E-state index in [1.54, 1.807) is 61.5 Å². The van der Waals surface area contributed by atoms with E-state index in [4.69, 9.17) is 33.5 Å². The monoisotopic (exact) mass is 1460 g/mol. The lowest BCUT2D eigenvalue weighted by Crippen LogP contribution is -2.59. The largest absolute Gasteiger partial charge is 0.455 e. The normalized spacial score (nSPS) is 15.6. The molecular weight excluding hydrogens is 1390 g/mol. The van der Waals surface area contributed by atoms with Crippen molar-refractivity contribution in [2.24, 2.45) is 5.41 Å². The fourth-order valence-electron chi connectivity index (χ4n) is 15.6. The zero-order valence-corrected chi connectivity index (χ0v) is 59.1. The van der Waals surface area contributed by atoms with Crippen molar-refractivity contribution in [1.82, 2.24) is 49.2 Å². The quantitative estimate of drug-likeness (QED) is 0.0760. The minimum Gasteiger partial charge on any atom is -0.455 e. The number of anilines is 2. The molecular formula is C77H66F4N12O10S2. The van der Waals surface area contributed by atoms with Crippen LogP contribution in [0, 0.1) is 28.7 Å². The van der Waals surface area contributed by atoms with Gasteiger partial charge in [0.1, 0.15) is 68.6 Å². The van der Waals surface area contributed by atoms with Crippen molar-refractivity contribution in [3.8, 4) is 45.2 Å². The number of nitrogens with one attached hydrogen (secondary N) is 2. The molecule has 0 bridgehead atoms. The Labute approximate surface area is 597 Å². The molecule has 0 radical (unpaired) electrons. The number of halogens is 4. The number of amides is 2. The van der Waals surface area contributed by atoms with Crippen LogP contribution >= 0.6 is 0 Å². The number of β-amino-alcohol motifs (C(OH)–C–C–N with tert-alkyl or cyclic N) is 1. The summed E-state index contributed by atoms with van der Waals surface area (Å²) in [6.07, 6.45) is 2.71. The molecule has 105 heavy (non-hydrogen) atoms. The Balaban J connectivity index is 0.897. The Bertz CT molecular complexity index is 6280. The summed E-state index contributed by atoms with van der Waals surface area (Å²) in [4.78, 5) is 53.9. The zero-order chi connectivity index (χ0) is 73.1. The molecule has 3 aliphatic rings. The summed E-state index contributed by atoms with van der Waals surface area (Å²) >= 11 is 0. The van der Waals surface area contributed by atoms with E-state index in [9.17, 15) is 31.9 Å². The molecule has 0 unspecified atom stereocenters. The van der Waals surface area contributed by atoms with Crippen molar-refractivity contribution >= 4 is 120 Å². The minimum absolute atomic E-state index is 0.00610. The number of furan rings is 2. The van der Waals surface area contributed by atoms with Crippen molar-refractivity contribution in [3.63, 3.8) is 0 Å². The Morgan fingerprint density at radius 1 is 0.562 bits per heavy atom. The first-order valence-electron chi connectivity index (χ1n) is 33.9. The number of ether oxygens (including phenoxy) is 1. The topological polar surface area (TPSA) is 256 Å². The molecule has 1 spiro atoms. The molecule has 3 fully saturated rings. The van der Waals surface area contributed by atoms with Gasteiger partial charge in [-0.05, 0) is 141 Å². The molecule has 17 rings (SSSR count). The molecule has 2 amide bonds. The Kier molecular flexibility index (Phi) is 15.8. The number of aromatic nitrogens is 6. The van der Waals surface area contributed by atoms with Crippen LogP contribution in [0.25, 0.3) is 122 Å². The molecule has 3 saturated heterocycles. The van der Waals surface area contributed by atoms with E-state index in [0.29, 0.717) is 95.3 Å². The van der Waals surface area contributed by atoms with Gasteiger partial charge in [0, 0.05) is 129 Å². The highest BCUT2D eigenvalue weighted by molar-refractivity contribution is 7.92. The second-order valence-corrected chi connectivity index (χ2v) is 31.9. The number of benzene rings is 6. The van der Waals surface area contributed by atoms with Crippen molar-refractivity contribution in [1.29, 1.82) is 0 Å². The van der Waals surface area contributed by atoms with E-state index in [1.165, 1.54) is 113 Å². The first kappa shape index (κ1) is 67.3. The maximum Gasteiger partial charge on any atom is 0.255 e. The summed E-state index contributed by atoms with van der Waals surface area (Å²) in [5.41, 5.74) is 2.96. The predicted octanol–water partition coefficient (Wildman–Crippen LogP) is 12.4. The van der Waals surface area contributed by atoms with Gasteiger partial charge in [-0.15, -0.1) is 0 Å². The molecule has 0 aliphatic carbocycles. The summed E-state index contributed by atoms with van der Waals surface area (Å²) in [5, 5.41) is 17.0. The number of nitrogens with zero attached hydrogens (tertiary/aromatic N) is 10. The van der Waals surface area contributed by atoms with Gasteiger partial charge >= 0.3 is 0 Å². The third kappa shape index (κ3) is 11.3. The second kappa shape index (κ2) is 24.6. The maximum absolute atomic E-state index is 16.5. The van der Waals surface area contributed by atoms with E-state index in [0.717, 1.165) is 27.7 Å². The van der Waals surface area contributed by atoms with E-state index in [-0.39, 0.29) is 124 Å². The van der Waals surface area contributed by atoms with Gasteiger partial charge < -0.3 is 29.3 Å².